The second-order valence-electron chi connectivity index (χ2n) is 4.30. The molecule has 0 N–H and O–H groups in total. The van der Waals surface area contributed by atoms with Crippen molar-refractivity contribution in [3.05, 3.63) is 78.7 Å². The molecule has 18 heavy (non-hydrogen) atoms. The van der Waals surface area contributed by atoms with E-state index in [1.54, 1.807) is 6.21 Å². The Bertz CT molecular complexity index is 600. The van der Waals surface area contributed by atoms with Gasteiger partial charge >= 0.3 is 0 Å². The van der Waals surface area contributed by atoms with Crippen LogP contribution < -0.4 is 0 Å². The second kappa shape index (κ2) is 4.22. The zero-order valence-corrected chi connectivity index (χ0v) is 9.95. The van der Waals surface area contributed by atoms with Crippen LogP contribution in [0.1, 0.15) is 11.1 Å². The maximum Gasteiger partial charge on any atom is 0.176 e. The van der Waals surface area contributed by atoms with Crippen molar-refractivity contribution in [1.82, 2.24) is 0 Å². The number of benzene rings is 2. The van der Waals surface area contributed by atoms with Crippen molar-refractivity contribution >= 4 is 11.9 Å². The lowest BCUT2D eigenvalue weighted by Gasteiger charge is -2.17. The van der Waals surface area contributed by atoms with Gasteiger partial charge in [-0.15, -0.1) is 0 Å². The van der Waals surface area contributed by atoms with Gasteiger partial charge in [0, 0.05) is 18.1 Å². The highest BCUT2D eigenvalue weighted by atomic mass is 15.1. The van der Waals surface area contributed by atoms with E-state index in [4.69, 9.17) is 0 Å². The Morgan fingerprint density at radius 3 is 2.11 bits per heavy atom. The molecule has 1 atom stereocenters. The maximum atomic E-state index is 4.64. The molecule has 3 rings (SSSR count). The van der Waals surface area contributed by atoms with Gasteiger partial charge in [0.05, 0.1) is 11.9 Å². The molecule has 0 saturated carbocycles. The predicted octanol–water partition coefficient (Wildman–Crippen LogP) is 3.25. The number of hydrogen-bond acceptors (Lipinski definition) is 2. The molecule has 1 unspecified atom stereocenters. The van der Waals surface area contributed by atoms with Crippen LogP contribution in [0.4, 0.5) is 0 Å². The van der Waals surface area contributed by atoms with E-state index in [-0.39, 0.29) is 0 Å². The molecule has 0 spiro atoms. The van der Waals surface area contributed by atoms with E-state index in [9.17, 15) is 0 Å². The summed E-state index contributed by atoms with van der Waals surface area (Å²) in [6, 6.07) is 20.0. The summed E-state index contributed by atoms with van der Waals surface area (Å²) in [4.78, 5) is 9.10. The van der Waals surface area contributed by atoms with Gasteiger partial charge in [-0.3, -0.25) is 4.99 Å². The third-order valence-electron chi connectivity index (χ3n) is 3.01. The molecule has 0 amide bonds. The molecule has 1 aliphatic heterocycles. The van der Waals surface area contributed by atoms with Crippen molar-refractivity contribution in [2.45, 2.75) is 5.66 Å². The molecule has 1 heterocycles. The predicted molar refractivity (Wildman–Crippen MR) is 74.9 cm³/mol. The summed E-state index contributed by atoms with van der Waals surface area (Å²) in [7, 11) is 0. The molecule has 87 valence electrons. The van der Waals surface area contributed by atoms with E-state index in [0.717, 1.165) is 16.8 Å². The third kappa shape index (κ3) is 1.86. The van der Waals surface area contributed by atoms with Crippen LogP contribution in [0.25, 0.3) is 0 Å². The highest BCUT2D eigenvalue weighted by Gasteiger charge is 2.28. The Morgan fingerprint density at radius 2 is 1.44 bits per heavy atom. The molecule has 0 bridgehead atoms. The second-order valence-corrected chi connectivity index (χ2v) is 4.30. The van der Waals surface area contributed by atoms with Gasteiger partial charge in [-0.25, -0.2) is 4.99 Å². The van der Waals surface area contributed by atoms with Crippen molar-refractivity contribution < 1.29 is 0 Å². The summed E-state index contributed by atoms with van der Waals surface area (Å²) < 4.78 is 0. The average Bonchev–Trinajstić information content (AvgIpc) is 2.85. The molecule has 0 fully saturated rings. The lowest BCUT2D eigenvalue weighted by molar-refractivity contribution is 0.611. The van der Waals surface area contributed by atoms with E-state index in [2.05, 4.69) is 16.9 Å². The van der Waals surface area contributed by atoms with E-state index < -0.39 is 5.66 Å². The molecule has 1 aliphatic rings. The van der Waals surface area contributed by atoms with Crippen LogP contribution in [-0.4, -0.2) is 11.9 Å². The Hall–Kier alpha value is -2.22. The van der Waals surface area contributed by atoms with E-state index in [1.807, 2.05) is 60.7 Å². The topological polar surface area (TPSA) is 24.7 Å². The van der Waals surface area contributed by atoms with Crippen LogP contribution in [-0.2, 0) is 5.66 Å². The van der Waals surface area contributed by atoms with Gasteiger partial charge in [0.2, 0.25) is 0 Å². The molecular weight excluding hydrogens is 220 g/mol. The summed E-state index contributed by atoms with van der Waals surface area (Å²) in [6.45, 7) is 4.13. The number of aliphatic imine (C=N–C) groups is 2. The zero-order valence-electron chi connectivity index (χ0n) is 9.95. The number of hydrogen-bond donors (Lipinski definition) is 0. The minimum Gasteiger partial charge on any atom is -0.257 e. The van der Waals surface area contributed by atoms with Gasteiger partial charge in [-0.2, -0.15) is 0 Å². The number of rotatable bonds is 2. The Kier molecular flexibility index (Phi) is 2.56. The van der Waals surface area contributed by atoms with Crippen molar-refractivity contribution in [3.8, 4) is 0 Å². The minimum atomic E-state index is -0.730. The maximum absolute atomic E-state index is 4.64. The Morgan fingerprint density at radius 1 is 0.833 bits per heavy atom. The molecule has 0 aliphatic carbocycles. The monoisotopic (exact) mass is 233 g/mol. The highest BCUT2D eigenvalue weighted by Crippen LogP contribution is 2.30. The molecule has 2 aromatic rings. The SMILES string of the molecule is [CH2]C1(c2ccccc2)N=CC(c2ccccc2)=N1. The van der Waals surface area contributed by atoms with Crippen LogP contribution in [0.5, 0.6) is 0 Å². The van der Waals surface area contributed by atoms with Crippen molar-refractivity contribution in [2.24, 2.45) is 9.98 Å². The van der Waals surface area contributed by atoms with Gasteiger partial charge in [-0.1, -0.05) is 60.7 Å². The normalized spacial score (nSPS) is 21.9. The van der Waals surface area contributed by atoms with Crippen LogP contribution in [0.2, 0.25) is 0 Å². The Balaban J connectivity index is 2.00. The van der Waals surface area contributed by atoms with Crippen molar-refractivity contribution in [3.63, 3.8) is 0 Å². The molecular formula is C16H13N2. The average molecular weight is 233 g/mol. The van der Waals surface area contributed by atoms with Crippen molar-refractivity contribution in [1.29, 1.82) is 0 Å². The fourth-order valence-electron chi connectivity index (χ4n) is 2.02. The summed E-state index contributed by atoms with van der Waals surface area (Å²) in [5, 5.41) is 0. The van der Waals surface area contributed by atoms with Crippen LogP contribution in [0, 0.1) is 6.92 Å². The zero-order chi connectivity index (χ0) is 12.4. The lowest BCUT2D eigenvalue weighted by Crippen LogP contribution is -2.14. The minimum absolute atomic E-state index is 0.730. The fourth-order valence-corrected chi connectivity index (χ4v) is 2.02. The summed E-state index contributed by atoms with van der Waals surface area (Å²) in [5.41, 5.74) is 2.23. The first-order chi connectivity index (χ1) is 8.78. The highest BCUT2D eigenvalue weighted by molar-refractivity contribution is 6.39. The largest absolute Gasteiger partial charge is 0.257 e. The quantitative estimate of drug-likeness (QED) is 0.760. The van der Waals surface area contributed by atoms with Gasteiger partial charge in [0.15, 0.2) is 5.66 Å². The first-order valence-electron chi connectivity index (χ1n) is 5.89. The smallest absolute Gasteiger partial charge is 0.176 e. The first-order valence-corrected chi connectivity index (χ1v) is 5.89. The van der Waals surface area contributed by atoms with E-state index in [0.29, 0.717) is 0 Å². The summed E-state index contributed by atoms with van der Waals surface area (Å²) >= 11 is 0. The van der Waals surface area contributed by atoms with Gasteiger partial charge < -0.3 is 0 Å². The number of nitrogens with zero attached hydrogens (tertiary/aromatic N) is 2. The standard InChI is InChI=1S/C16H13N2/c1-16(14-10-6-3-7-11-14)17-12-15(18-16)13-8-4-2-5-9-13/h2-12H,1H2. The van der Waals surface area contributed by atoms with Gasteiger partial charge in [0.1, 0.15) is 0 Å². The molecule has 2 nitrogen and oxygen atoms in total. The summed E-state index contributed by atoms with van der Waals surface area (Å²) in [6.07, 6.45) is 1.80. The molecule has 0 aromatic heterocycles. The van der Waals surface area contributed by atoms with Crippen molar-refractivity contribution in [2.75, 3.05) is 0 Å². The molecule has 0 saturated heterocycles. The van der Waals surface area contributed by atoms with Crippen LogP contribution in [0.3, 0.4) is 0 Å². The van der Waals surface area contributed by atoms with Gasteiger partial charge in [0.25, 0.3) is 0 Å². The fraction of sp³-hybridized carbons (Fsp3) is 0.0625. The third-order valence-corrected chi connectivity index (χ3v) is 3.01. The lowest BCUT2D eigenvalue weighted by atomic mass is 10.0. The van der Waals surface area contributed by atoms with Crippen LogP contribution >= 0.6 is 0 Å². The van der Waals surface area contributed by atoms with Crippen LogP contribution in [0.15, 0.2) is 70.6 Å². The molecule has 1 radical (unpaired) electrons. The Labute approximate surface area is 107 Å². The molecule has 2 aromatic carbocycles. The molecule has 2 heteroatoms. The van der Waals surface area contributed by atoms with E-state index in [1.165, 1.54) is 0 Å². The summed E-state index contributed by atoms with van der Waals surface area (Å²) in [5.74, 6) is 0. The van der Waals surface area contributed by atoms with Gasteiger partial charge in [-0.05, 0) is 0 Å². The van der Waals surface area contributed by atoms with E-state index >= 15 is 0 Å². The first kappa shape index (κ1) is 10.9.